The van der Waals surface area contributed by atoms with Crippen LogP contribution in [-0.2, 0) is 9.53 Å². The number of para-hydroxylation sites is 1. The molecular formula is C16H21N3O5. The molecule has 8 nitrogen and oxygen atoms in total. The van der Waals surface area contributed by atoms with E-state index in [1.165, 1.54) is 24.3 Å². The van der Waals surface area contributed by atoms with Gasteiger partial charge in [0.1, 0.15) is 5.56 Å². The van der Waals surface area contributed by atoms with Gasteiger partial charge in [0.25, 0.3) is 11.6 Å². The second-order valence-electron chi connectivity index (χ2n) is 5.06. The number of hydrogen-bond acceptors (Lipinski definition) is 6. The lowest BCUT2D eigenvalue weighted by Gasteiger charge is -2.14. The highest BCUT2D eigenvalue weighted by Gasteiger charge is 2.23. The van der Waals surface area contributed by atoms with E-state index < -0.39 is 22.7 Å². The zero-order chi connectivity index (χ0) is 18.1. The van der Waals surface area contributed by atoms with E-state index in [0.717, 1.165) is 6.42 Å². The van der Waals surface area contributed by atoms with Gasteiger partial charge >= 0.3 is 5.97 Å². The Morgan fingerprint density at radius 2 is 2.00 bits per heavy atom. The number of hydrogen-bond donors (Lipinski definition) is 1. The van der Waals surface area contributed by atoms with Gasteiger partial charge in [-0.1, -0.05) is 25.5 Å². The Bertz CT molecular complexity index is 642. The molecule has 0 aromatic heterocycles. The molecule has 0 spiro atoms. The van der Waals surface area contributed by atoms with Crippen LogP contribution in [0.25, 0.3) is 0 Å². The summed E-state index contributed by atoms with van der Waals surface area (Å²) in [6.45, 7) is 5.50. The molecular weight excluding hydrogens is 314 g/mol. The Hall–Kier alpha value is -2.77. The fourth-order valence-electron chi connectivity index (χ4n) is 2.13. The molecule has 1 atom stereocenters. The van der Waals surface area contributed by atoms with Crippen LogP contribution in [0.1, 0.15) is 44.0 Å². The third-order valence-corrected chi connectivity index (χ3v) is 3.33. The number of carbonyl (C=O) groups is 2. The molecule has 8 heteroatoms. The Morgan fingerprint density at radius 1 is 1.33 bits per heavy atom. The fourth-order valence-corrected chi connectivity index (χ4v) is 2.13. The van der Waals surface area contributed by atoms with Crippen LogP contribution in [-0.4, -0.2) is 29.1 Å². The van der Waals surface area contributed by atoms with Crippen molar-refractivity contribution in [3.05, 3.63) is 39.9 Å². The van der Waals surface area contributed by atoms with Crippen molar-refractivity contribution >= 4 is 23.3 Å². The van der Waals surface area contributed by atoms with Gasteiger partial charge in [-0.25, -0.2) is 5.43 Å². The lowest BCUT2D eigenvalue weighted by atomic mass is 9.99. The Morgan fingerprint density at radius 3 is 2.58 bits per heavy atom. The maximum Gasteiger partial charge on any atom is 0.314 e. The van der Waals surface area contributed by atoms with Crippen molar-refractivity contribution < 1.29 is 19.2 Å². The molecule has 1 unspecified atom stereocenters. The van der Waals surface area contributed by atoms with E-state index in [1.807, 2.05) is 6.92 Å². The largest absolute Gasteiger partial charge is 0.465 e. The number of carbonyl (C=O) groups excluding carboxylic acids is 2. The highest BCUT2D eigenvalue weighted by atomic mass is 16.6. The van der Waals surface area contributed by atoms with Crippen LogP contribution >= 0.6 is 0 Å². The van der Waals surface area contributed by atoms with Gasteiger partial charge in [-0.2, -0.15) is 5.10 Å². The maximum absolute atomic E-state index is 12.1. The molecule has 0 saturated heterocycles. The molecule has 0 fully saturated rings. The third kappa shape index (κ3) is 5.15. The summed E-state index contributed by atoms with van der Waals surface area (Å²) in [6.07, 6.45) is 1.28. The minimum absolute atomic E-state index is 0.0952. The van der Waals surface area contributed by atoms with Crippen LogP contribution in [0.4, 0.5) is 5.69 Å². The number of rotatable bonds is 8. The Balaban J connectivity index is 2.91. The summed E-state index contributed by atoms with van der Waals surface area (Å²) in [5.41, 5.74) is 2.26. The number of amides is 1. The van der Waals surface area contributed by atoms with Crippen LogP contribution in [0.5, 0.6) is 0 Å². The highest BCUT2D eigenvalue weighted by molar-refractivity contribution is 6.03. The molecule has 24 heavy (non-hydrogen) atoms. The molecule has 0 aliphatic heterocycles. The predicted octanol–water partition coefficient (Wildman–Crippen LogP) is 2.68. The van der Waals surface area contributed by atoms with E-state index in [1.54, 1.807) is 13.8 Å². The first-order valence-electron chi connectivity index (χ1n) is 7.66. The van der Waals surface area contributed by atoms with Crippen LogP contribution in [0.2, 0.25) is 0 Å². The average molecular weight is 335 g/mol. The van der Waals surface area contributed by atoms with Crippen molar-refractivity contribution in [1.82, 2.24) is 5.43 Å². The van der Waals surface area contributed by atoms with Crippen molar-refractivity contribution in [3.8, 4) is 0 Å². The Kier molecular flexibility index (Phi) is 7.54. The molecule has 0 heterocycles. The van der Waals surface area contributed by atoms with Crippen molar-refractivity contribution in [2.75, 3.05) is 6.61 Å². The first-order valence-corrected chi connectivity index (χ1v) is 7.66. The summed E-state index contributed by atoms with van der Waals surface area (Å²) in [6, 6.07) is 5.58. The minimum Gasteiger partial charge on any atom is -0.465 e. The van der Waals surface area contributed by atoms with E-state index >= 15 is 0 Å². The highest BCUT2D eigenvalue weighted by Crippen LogP contribution is 2.17. The normalized spacial score (nSPS) is 12.4. The molecule has 1 amide bonds. The number of nitrogens with one attached hydrogen (secondary N) is 1. The number of nitro benzene ring substituents is 1. The summed E-state index contributed by atoms with van der Waals surface area (Å²) in [7, 11) is 0. The maximum atomic E-state index is 12.1. The van der Waals surface area contributed by atoms with Gasteiger partial charge in [0.05, 0.1) is 17.4 Å². The van der Waals surface area contributed by atoms with Crippen LogP contribution < -0.4 is 5.43 Å². The monoisotopic (exact) mass is 335 g/mol. The summed E-state index contributed by atoms with van der Waals surface area (Å²) >= 11 is 0. The predicted molar refractivity (Wildman–Crippen MR) is 88.7 cm³/mol. The third-order valence-electron chi connectivity index (χ3n) is 3.33. The molecule has 0 radical (unpaired) electrons. The van der Waals surface area contributed by atoms with Gasteiger partial charge in [0.2, 0.25) is 0 Å². The second-order valence-corrected chi connectivity index (χ2v) is 5.06. The molecule has 1 aromatic carbocycles. The van der Waals surface area contributed by atoms with Gasteiger partial charge in [0.15, 0.2) is 0 Å². The summed E-state index contributed by atoms with van der Waals surface area (Å²) < 4.78 is 5.00. The van der Waals surface area contributed by atoms with Crippen LogP contribution in [0.15, 0.2) is 29.4 Å². The van der Waals surface area contributed by atoms with E-state index in [-0.39, 0.29) is 17.9 Å². The molecule has 1 N–H and O–H groups in total. The standard InChI is InChI=1S/C16H21N3O5/c1-4-8-12(16(21)24-5-2)11(3)17-18-15(20)13-9-6-7-10-14(13)19(22)23/h6-7,9-10,12H,4-5,8H2,1-3H3,(H,18,20)/b17-11+. The molecule has 0 aliphatic rings. The molecule has 0 aliphatic carbocycles. The molecule has 1 rings (SSSR count). The summed E-state index contributed by atoms with van der Waals surface area (Å²) in [4.78, 5) is 34.4. The first kappa shape index (κ1) is 19.3. The SMILES string of the molecule is CCCC(C(=O)OCC)/C(C)=N/NC(=O)c1ccccc1[N+](=O)[O-]. The average Bonchev–Trinajstić information content (AvgIpc) is 2.57. The van der Waals surface area contributed by atoms with Crippen LogP contribution in [0, 0.1) is 16.0 Å². The number of hydrazone groups is 1. The first-order chi connectivity index (χ1) is 11.4. The van der Waals surface area contributed by atoms with Crippen molar-refractivity contribution in [2.45, 2.75) is 33.6 Å². The molecule has 130 valence electrons. The smallest absolute Gasteiger partial charge is 0.314 e. The molecule has 0 bridgehead atoms. The zero-order valence-electron chi connectivity index (χ0n) is 13.9. The number of esters is 1. The van der Waals surface area contributed by atoms with Gasteiger partial charge in [-0.05, 0) is 26.3 Å². The van der Waals surface area contributed by atoms with Crippen LogP contribution in [0.3, 0.4) is 0 Å². The van der Waals surface area contributed by atoms with Gasteiger partial charge in [-0.3, -0.25) is 19.7 Å². The molecule has 0 saturated carbocycles. The lowest BCUT2D eigenvalue weighted by molar-refractivity contribution is -0.385. The fraction of sp³-hybridized carbons (Fsp3) is 0.438. The van der Waals surface area contributed by atoms with Crippen molar-refractivity contribution in [3.63, 3.8) is 0 Å². The van der Waals surface area contributed by atoms with E-state index in [2.05, 4.69) is 10.5 Å². The quantitative estimate of drug-likeness (QED) is 0.340. The molecule has 1 aromatic rings. The minimum atomic E-state index is -0.708. The van der Waals surface area contributed by atoms with Crippen molar-refractivity contribution in [2.24, 2.45) is 11.0 Å². The van der Waals surface area contributed by atoms with E-state index in [4.69, 9.17) is 4.74 Å². The topological polar surface area (TPSA) is 111 Å². The second kappa shape index (κ2) is 9.39. The number of benzene rings is 1. The van der Waals surface area contributed by atoms with E-state index in [0.29, 0.717) is 12.1 Å². The summed E-state index contributed by atoms with van der Waals surface area (Å²) in [5.74, 6) is -1.66. The lowest BCUT2D eigenvalue weighted by Crippen LogP contribution is -2.28. The number of nitrogens with zero attached hydrogens (tertiary/aromatic N) is 2. The number of ether oxygens (including phenoxy) is 1. The zero-order valence-corrected chi connectivity index (χ0v) is 13.9. The summed E-state index contributed by atoms with van der Waals surface area (Å²) in [5, 5.41) is 14.9. The van der Waals surface area contributed by atoms with Gasteiger partial charge in [0, 0.05) is 11.8 Å². The number of nitro groups is 1. The van der Waals surface area contributed by atoms with Gasteiger partial charge < -0.3 is 4.74 Å². The Labute approximate surface area is 140 Å². The van der Waals surface area contributed by atoms with E-state index in [9.17, 15) is 19.7 Å². The van der Waals surface area contributed by atoms with Crippen molar-refractivity contribution in [1.29, 1.82) is 0 Å². The van der Waals surface area contributed by atoms with Gasteiger partial charge in [-0.15, -0.1) is 0 Å².